The molecule has 20 heavy (non-hydrogen) atoms. The molecule has 0 saturated heterocycles. The minimum atomic E-state index is -0.381. The third-order valence-corrected chi connectivity index (χ3v) is 4.37. The normalized spacial score (nSPS) is 10.4. The van der Waals surface area contributed by atoms with Gasteiger partial charge in [-0.1, -0.05) is 15.9 Å². The van der Waals surface area contributed by atoms with E-state index in [9.17, 15) is 9.90 Å². The highest BCUT2D eigenvalue weighted by Crippen LogP contribution is 2.33. The van der Waals surface area contributed by atoms with Gasteiger partial charge in [-0.2, -0.15) is 0 Å². The van der Waals surface area contributed by atoms with Crippen LogP contribution in [0.3, 0.4) is 0 Å². The Morgan fingerprint density at radius 2 is 1.70 bits per heavy atom. The molecule has 6 heteroatoms. The maximum absolute atomic E-state index is 12.2. The Kier molecular flexibility index (Phi) is 4.88. The van der Waals surface area contributed by atoms with Crippen LogP contribution in [0.5, 0.6) is 5.75 Å². The molecule has 0 unspecified atom stereocenters. The number of rotatable bonds is 2. The molecule has 1 amide bonds. The van der Waals surface area contributed by atoms with E-state index in [0.717, 1.165) is 19.0 Å². The zero-order valence-electron chi connectivity index (χ0n) is 10.4. The topological polar surface area (TPSA) is 49.3 Å². The van der Waals surface area contributed by atoms with Crippen molar-refractivity contribution in [1.82, 2.24) is 0 Å². The predicted octanol–water partition coefficient (Wildman–Crippen LogP) is 5.24. The summed E-state index contributed by atoms with van der Waals surface area (Å²) in [5.74, 6) is -0.445. The smallest absolute Gasteiger partial charge is 0.259 e. The first-order valence-corrected chi connectivity index (χ1v) is 8.02. The third kappa shape index (κ3) is 3.42. The second-order valence-corrected chi connectivity index (χ2v) is 6.84. The first kappa shape index (κ1) is 15.5. The molecule has 0 heterocycles. The number of halogens is 3. The number of hydrogen-bond acceptors (Lipinski definition) is 2. The number of aryl methyl sites for hydroxylation is 1. The molecular weight excluding hydrogens is 454 g/mol. The van der Waals surface area contributed by atoms with Crippen LogP contribution in [0.4, 0.5) is 5.69 Å². The summed E-state index contributed by atoms with van der Waals surface area (Å²) >= 11 is 10.1. The van der Waals surface area contributed by atoms with Crippen LogP contribution in [0, 0.1) is 6.92 Å². The van der Waals surface area contributed by atoms with E-state index in [0.29, 0.717) is 5.69 Å². The van der Waals surface area contributed by atoms with Crippen molar-refractivity contribution >= 4 is 59.4 Å². The van der Waals surface area contributed by atoms with Gasteiger partial charge in [0.2, 0.25) is 0 Å². The highest BCUT2D eigenvalue weighted by molar-refractivity contribution is 9.11. The molecule has 2 aromatic carbocycles. The Hall–Kier alpha value is -0.850. The first-order valence-electron chi connectivity index (χ1n) is 5.64. The van der Waals surface area contributed by atoms with Gasteiger partial charge in [0.25, 0.3) is 5.91 Å². The average molecular weight is 464 g/mol. The highest BCUT2D eigenvalue weighted by Gasteiger charge is 2.15. The molecule has 0 fully saturated rings. The van der Waals surface area contributed by atoms with Crippen LogP contribution in [0.25, 0.3) is 0 Å². The van der Waals surface area contributed by atoms with Crippen LogP contribution >= 0.6 is 47.8 Å². The van der Waals surface area contributed by atoms with Crippen molar-refractivity contribution in [3.05, 3.63) is 54.9 Å². The van der Waals surface area contributed by atoms with Crippen molar-refractivity contribution < 1.29 is 9.90 Å². The molecule has 0 saturated carbocycles. The van der Waals surface area contributed by atoms with Crippen molar-refractivity contribution in [3.8, 4) is 5.75 Å². The Balaban J connectivity index is 2.35. The zero-order valence-corrected chi connectivity index (χ0v) is 15.1. The molecule has 0 radical (unpaired) electrons. The van der Waals surface area contributed by atoms with Crippen LogP contribution in [0.1, 0.15) is 15.9 Å². The zero-order chi connectivity index (χ0) is 14.9. The van der Waals surface area contributed by atoms with Crippen LogP contribution in [0.15, 0.2) is 43.7 Å². The standard InChI is InChI=1S/C14H10Br3NO2/c1-7-4-10(16)13(11(17)5-7)18-14(20)9-6-8(15)2-3-12(9)19/h2-6,19H,1H3,(H,18,20). The molecule has 2 aromatic rings. The second-order valence-electron chi connectivity index (χ2n) is 4.22. The van der Waals surface area contributed by atoms with E-state index in [2.05, 4.69) is 53.1 Å². The fraction of sp³-hybridized carbons (Fsp3) is 0.0714. The number of phenols is 1. The molecule has 104 valence electrons. The summed E-state index contributed by atoms with van der Waals surface area (Å²) in [6.07, 6.45) is 0. The van der Waals surface area contributed by atoms with E-state index in [1.807, 2.05) is 19.1 Å². The van der Waals surface area contributed by atoms with E-state index in [4.69, 9.17) is 0 Å². The SMILES string of the molecule is Cc1cc(Br)c(NC(=O)c2cc(Br)ccc2O)c(Br)c1. The summed E-state index contributed by atoms with van der Waals surface area (Å²) in [5, 5.41) is 12.5. The Morgan fingerprint density at radius 1 is 1.10 bits per heavy atom. The lowest BCUT2D eigenvalue weighted by molar-refractivity contribution is 0.102. The number of amides is 1. The van der Waals surface area contributed by atoms with Gasteiger partial charge in [-0.3, -0.25) is 4.79 Å². The van der Waals surface area contributed by atoms with Crippen molar-refractivity contribution in [3.63, 3.8) is 0 Å². The van der Waals surface area contributed by atoms with Gasteiger partial charge in [0.1, 0.15) is 5.75 Å². The van der Waals surface area contributed by atoms with Crippen molar-refractivity contribution in [2.75, 3.05) is 5.32 Å². The lowest BCUT2D eigenvalue weighted by Crippen LogP contribution is -2.13. The number of anilines is 1. The van der Waals surface area contributed by atoms with Crippen molar-refractivity contribution in [2.45, 2.75) is 6.92 Å². The predicted molar refractivity (Wildman–Crippen MR) is 90.3 cm³/mol. The molecule has 0 aliphatic heterocycles. The van der Waals surface area contributed by atoms with E-state index in [-0.39, 0.29) is 17.2 Å². The van der Waals surface area contributed by atoms with Gasteiger partial charge in [0.15, 0.2) is 0 Å². The lowest BCUT2D eigenvalue weighted by atomic mass is 10.1. The van der Waals surface area contributed by atoms with Crippen LogP contribution < -0.4 is 5.32 Å². The van der Waals surface area contributed by atoms with Gasteiger partial charge in [0, 0.05) is 13.4 Å². The number of hydrogen-bond donors (Lipinski definition) is 2. The number of carbonyl (C=O) groups excluding carboxylic acids is 1. The van der Waals surface area contributed by atoms with Crippen LogP contribution in [0.2, 0.25) is 0 Å². The van der Waals surface area contributed by atoms with Crippen molar-refractivity contribution in [2.24, 2.45) is 0 Å². The van der Waals surface area contributed by atoms with Gasteiger partial charge in [0.05, 0.1) is 11.3 Å². The first-order chi connectivity index (χ1) is 9.38. The van der Waals surface area contributed by atoms with Gasteiger partial charge >= 0.3 is 0 Å². The summed E-state index contributed by atoms with van der Waals surface area (Å²) in [4.78, 5) is 12.2. The summed E-state index contributed by atoms with van der Waals surface area (Å²) in [7, 11) is 0. The molecule has 0 aromatic heterocycles. The van der Waals surface area contributed by atoms with Gasteiger partial charge in [-0.25, -0.2) is 0 Å². The van der Waals surface area contributed by atoms with Gasteiger partial charge in [-0.05, 0) is 74.7 Å². The number of nitrogens with one attached hydrogen (secondary N) is 1. The van der Waals surface area contributed by atoms with E-state index >= 15 is 0 Å². The maximum atomic E-state index is 12.2. The lowest BCUT2D eigenvalue weighted by Gasteiger charge is -2.11. The largest absolute Gasteiger partial charge is 0.507 e. The summed E-state index contributed by atoms with van der Waals surface area (Å²) < 4.78 is 2.27. The van der Waals surface area contributed by atoms with Crippen molar-refractivity contribution in [1.29, 1.82) is 0 Å². The molecule has 0 bridgehead atoms. The molecule has 0 aliphatic carbocycles. The quantitative estimate of drug-likeness (QED) is 0.639. The molecule has 0 aliphatic rings. The third-order valence-electron chi connectivity index (χ3n) is 2.63. The van der Waals surface area contributed by atoms with Crippen LogP contribution in [-0.2, 0) is 0 Å². The summed E-state index contributed by atoms with van der Waals surface area (Å²) in [6.45, 7) is 1.96. The molecule has 3 nitrogen and oxygen atoms in total. The molecule has 2 rings (SSSR count). The van der Waals surface area contributed by atoms with Crippen LogP contribution in [-0.4, -0.2) is 11.0 Å². The molecule has 0 atom stereocenters. The number of phenolic OH excluding ortho intramolecular Hbond substituents is 1. The fourth-order valence-corrected chi connectivity index (χ4v) is 3.66. The minimum Gasteiger partial charge on any atom is -0.507 e. The minimum absolute atomic E-state index is 0.0648. The highest BCUT2D eigenvalue weighted by atomic mass is 79.9. The molecule has 2 N–H and O–H groups in total. The second kappa shape index (κ2) is 6.28. The molecule has 0 spiro atoms. The Bertz CT molecular complexity index is 663. The van der Waals surface area contributed by atoms with Gasteiger partial charge in [-0.15, -0.1) is 0 Å². The maximum Gasteiger partial charge on any atom is 0.259 e. The van der Waals surface area contributed by atoms with E-state index in [1.54, 1.807) is 12.1 Å². The monoisotopic (exact) mass is 461 g/mol. The number of benzene rings is 2. The molecular formula is C14H10Br3NO2. The Morgan fingerprint density at radius 3 is 2.30 bits per heavy atom. The summed E-state index contributed by atoms with van der Waals surface area (Å²) in [5.41, 5.74) is 1.89. The fourth-order valence-electron chi connectivity index (χ4n) is 1.69. The summed E-state index contributed by atoms with van der Waals surface area (Å²) in [6, 6.07) is 8.52. The number of carbonyl (C=O) groups is 1. The van der Waals surface area contributed by atoms with E-state index < -0.39 is 0 Å². The number of aromatic hydroxyl groups is 1. The van der Waals surface area contributed by atoms with Gasteiger partial charge < -0.3 is 10.4 Å². The Labute approximate surface area is 141 Å². The average Bonchev–Trinajstić information content (AvgIpc) is 2.36. The van der Waals surface area contributed by atoms with E-state index in [1.165, 1.54) is 6.07 Å².